The number of carbonyl (C=O) groups excluding carboxylic acids is 1. The average molecular weight is 476 g/mol. The highest BCUT2D eigenvalue weighted by atomic mass is 32.2. The van der Waals surface area contributed by atoms with E-state index < -0.39 is 10.8 Å². The van der Waals surface area contributed by atoms with Crippen LogP contribution < -0.4 is 0 Å². The number of allylic oxidation sites excluding steroid dienone is 1. The first-order chi connectivity index (χ1) is 15.7. The van der Waals surface area contributed by atoms with E-state index in [1.807, 2.05) is 4.90 Å². The summed E-state index contributed by atoms with van der Waals surface area (Å²) in [5, 5.41) is 10.2. The van der Waals surface area contributed by atoms with E-state index in [2.05, 4.69) is 26.8 Å². The number of fused-ring (bicyclic) bond motifs is 5. The van der Waals surface area contributed by atoms with E-state index in [1.165, 1.54) is 32.1 Å². The molecule has 186 valence electrons. The number of carbonyl (C=O) groups is 1. The summed E-state index contributed by atoms with van der Waals surface area (Å²) in [4.78, 5) is 14.7. The highest BCUT2D eigenvalue weighted by molar-refractivity contribution is 7.85. The predicted octanol–water partition coefficient (Wildman–Crippen LogP) is 4.93. The van der Waals surface area contributed by atoms with E-state index in [0.717, 1.165) is 49.4 Å². The second-order valence-electron chi connectivity index (χ2n) is 12.6. The summed E-state index contributed by atoms with van der Waals surface area (Å²) < 4.78 is 11.6. The van der Waals surface area contributed by atoms with Crippen LogP contribution in [0.15, 0.2) is 11.6 Å². The van der Waals surface area contributed by atoms with E-state index in [-0.39, 0.29) is 12.0 Å². The van der Waals surface area contributed by atoms with Crippen molar-refractivity contribution in [1.29, 1.82) is 0 Å². The lowest BCUT2D eigenvalue weighted by atomic mass is 9.47. The summed E-state index contributed by atoms with van der Waals surface area (Å²) in [5.74, 6) is 5.33. The number of hydrogen-bond donors (Lipinski definition) is 1. The second kappa shape index (κ2) is 9.08. The molecule has 0 aromatic rings. The lowest BCUT2D eigenvalue weighted by molar-refractivity contribution is -0.131. The Hall–Kier alpha value is -0.680. The minimum absolute atomic E-state index is 0.124. The molecule has 0 aromatic carbocycles. The molecule has 0 aromatic heterocycles. The average Bonchev–Trinajstić information content (AvgIpc) is 3.15. The largest absolute Gasteiger partial charge is 0.393 e. The molecule has 0 spiro atoms. The van der Waals surface area contributed by atoms with Gasteiger partial charge in [0.2, 0.25) is 5.91 Å². The van der Waals surface area contributed by atoms with Crippen LogP contribution in [0.25, 0.3) is 0 Å². The zero-order valence-corrected chi connectivity index (χ0v) is 21.9. The molecule has 1 aliphatic heterocycles. The molecule has 4 fully saturated rings. The van der Waals surface area contributed by atoms with Gasteiger partial charge in [-0.05, 0) is 98.2 Å². The first-order valence-electron chi connectivity index (χ1n) is 13.7. The molecule has 1 unspecified atom stereocenters. The third-order valence-electron chi connectivity index (χ3n) is 11.2. The fourth-order valence-electron chi connectivity index (χ4n) is 9.21. The molecule has 0 radical (unpaired) electrons. The van der Waals surface area contributed by atoms with Crippen LogP contribution in [0, 0.1) is 40.4 Å². The SMILES string of the molecule is CC(CCC(=O)N1CCS(=O)CC1)[C@H]1CC[C@H]2[C@@H]3CC=C4C[C@@H](O)CC[C@]4(C)[C@H]3CC[C@]12C. The summed E-state index contributed by atoms with van der Waals surface area (Å²) in [6.07, 6.45) is 13.7. The topological polar surface area (TPSA) is 57.6 Å². The van der Waals surface area contributed by atoms with Crippen LogP contribution in [0.4, 0.5) is 0 Å². The van der Waals surface area contributed by atoms with Gasteiger partial charge < -0.3 is 10.0 Å². The van der Waals surface area contributed by atoms with Crippen LogP contribution in [0.5, 0.6) is 0 Å². The first-order valence-corrected chi connectivity index (χ1v) is 15.2. The minimum atomic E-state index is -0.724. The van der Waals surface area contributed by atoms with Crippen molar-refractivity contribution >= 4 is 16.7 Å². The molecule has 8 atom stereocenters. The smallest absolute Gasteiger partial charge is 0.222 e. The molecule has 0 bridgehead atoms. The molecular weight excluding hydrogens is 430 g/mol. The molecule has 5 aliphatic rings. The number of rotatable bonds is 4. The molecule has 1 saturated heterocycles. The fourth-order valence-corrected chi connectivity index (χ4v) is 10.3. The Balaban J connectivity index is 1.23. The van der Waals surface area contributed by atoms with Gasteiger partial charge in [0.25, 0.3) is 0 Å². The van der Waals surface area contributed by atoms with Crippen molar-refractivity contribution in [3.8, 4) is 0 Å². The summed E-state index contributed by atoms with van der Waals surface area (Å²) in [6, 6.07) is 0. The van der Waals surface area contributed by atoms with Crippen molar-refractivity contribution in [2.75, 3.05) is 24.6 Å². The minimum Gasteiger partial charge on any atom is -0.393 e. The standard InChI is InChI=1S/C28H45NO3S/c1-19(4-9-26(31)29-14-16-33(32)17-15-29)23-7-8-24-22-6-5-20-18-21(30)10-12-27(20,2)25(22)11-13-28(23,24)3/h5,19,21-25,30H,4,6-18H2,1-3H3/t19?,21-,22-,23+,24-,25-,27-,28+/m0/s1. The highest BCUT2D eigenvalue weighted by Gasteiger charge is 2.59. The van der Waals surface area contributed by atoms with Crippen LogP contribution in [0.3, 0.4) is 0 Å². The number of aliphatic hydroxyl groups excluding tert-OH is 1. The molecular formula is C28H45NO3S. The second-order valence-corrected chi connectivity index (χ2v) is 14.3. The molecule has 5 rings (SSSR count). The molecule has 1 amide bonds. The van der Waals surface area contributed by atoms with Gasteiger partial charge in [0.15, 0.2) is 0 Å². The van der Waals surface area contributed by atoms with Gasteiger partial charge in [-0.3, -0.25) is 9.00 Å². The monoisotopic (exact) mass is 475 g/mol. The maximum Gasteiger partial charge on any atom is 0.222 e. The first kappa shape index (κ1) is 24.0. The Morgan fingerprint density at radius 1 is 1.15 bits per heavy atom. The van der Waals surface area contributed by atoms with E-state index in [9.17, 15) is 14.1 Å². The predicted molar refractivity (Wildman–Crippen MR) is 134 cm³/mol. The maximum atomic E-state index is 12.8. The number of hydrogen-bond acceptors (Lipinski definition) is 3. The normalized spacial score (nSPS) is 44.4. The van der Waals surface area contributed by atoms with Gasteiger partial charge in [0.05, 0.1) is 6.10 Å². The van der Waals surface area contributed by atoms with Crippen molar-refractivity contribution in [3.05, 3.63) is 11.6 Å². The summed E-state index contributed by atoms with van der Waals surface area (Å²) >= 11 is 0. The van der Waals surface area contributed by atoms with Crippen LogP contribution in [-0.2, 0) is 15.6 Å². The number of nitrogens with zero attached hydrogens (tertiary/aromatic N) is 1. The lowest BCUT2D eigenvalue weighted by Gasteiger charge is -2.58. The Kier molecular flexibility index (Phi) is 6.61. The molecule has 1 N–H and O–H groups in total. The van der Waals surface area contributed by atoms with Crippen LogP contribution >= 0.6 is 0 Å². The zero-order chi connectivity index (χ0) is 23.4. The summed E-state index contributed by atoms with van der Waals surface area (Å²) in [5.41, 5.74) is 2.30. The Morgan fingerprint density at radius 3 is 2.67 bits per heavy atom. The Labute approximate surface area is 203 Å². The van der Waals surface area contributed by atoms with E-state index in [4.69, 9.17) is 0 Å². The molecule has 5 heteroatoms. The van der Waals surface area contributed by atoms with Gasteiger partial charge in [0.1, 0.15) is 0 Å². The van der Waals surface area contributed by atoms with E-state index in [1.54, 1.807) is 5.57 Å². The molecule has 4 nitrogen and oxygen atoms in total. The summed E-state index contributed by atoms with van der Waals surface area (Å²) in [6.45, 7) is 8.87. The lowest BCUT2D eigenvalue weighted by Crippen LogP contribution is -2.50. The van der Waals surface area contributed by atoms with Gasteiger partial charge in [-0.2, -0.15) is 0 Å². The van der Waals surface area contributed by atoms with Gasteiger partial charge in [-0.25, -0.2) is 0 Å². The number of aliphatic hydroxyl groups is 1. The zero-order valence-electron chi connectivity index (χ0n) is 21.1. The van der Waals surface area contributed by atoms with Gasteiger partial charge >= 0.3 is 0 Å². The highest BCUT2D eigenvalue weighted by Crippen LogP contribution is 2.67. The van der Waals surface area contributed by atoms with E-state index >= 15 is 0 Å². The van der Waals surface area contributed by atoms with Crippen molar-refractivity contribution in [2.45, 2.75) is 91.1 Å². The molecule has 4 aliphatic carbocycles. The maximum absolute atomic E-state index is 12.8. The quantitative estimate of drug-likeness (QED) is 0.586. The van der Waals surface area contributed by atoms with Crippen molar-refractivity contribution in [1.82, 2.24) is 4.90 Å². The van der Waals surface area contributed by atoms with Crippen molar-refractivity contribution < 1.29 is 14.1 Å². The fraction of sp³-hybridized carbons (Fsp3) is 0.893. The van der Waals surface area contributed by atoms with Crippen molar-refractivity contribution in [3.63, 3.8) is 0 Å². The van der Waals surface area contributed by atoms with Gasteiger partial charge in [0, 0.05) is 41.8 Å². The third kappa shape index (κ3) is 4.17. The van der Waals surface area contributed by atoms with Gasteiger partial charge in [-0.1, -0.05) is 32.4 Å². The van der Waals surface area contributed by atoms with E-state index in [0.29, 0.717) is 47.8 Å². The Bertz CT molecular complexity index is 816. The van der Waals surface area contributed by atoms with Crippen LogP contribution in [0.1, 0.15) is 85.0 Å². The van der Waals surface area contributed by atoms with Gasteiger partial charge in [-0.15, -0.1) is 0 Å². The summed E-state index contributed by atoms with van der Waals surface area (Å²) in [7, 11) is -0.724. The molecule has 33 heavy (non-hydrogen) atoms. The Morgan fingerprint density at radius 2 is 1.91 bits per heavy atom. The molecule has 1 heterocycles. The number of amides is 1. The van der Waals surface area contributed by atoms with Crippen LogP contribution in [0.2, 0.25) is 0 Å². The van der Waals surface area contributed by atoms with Crippen LogP contribution in [-0.4, -0.2) is 50.8 Å². The molecule has 3 saturated carbocycles. The third-order valence-corrected chi connectivity index (χ3v) is 12.5. The van der Waals surface area contributed by atoms with Crippen molar-refractivity contribution in [2.24, 2.45) is 40.4 Å².